The second-order valence-corrected chi connectivity index (χ2v) is 12.3. The summed E-state index contributed by atoms with van der Waals surface area (Å²) >= 11 is 0. The van der Waals surface area contributed by atoms with Gasteiger partial charge in [-0.2, -0.15) is 0 Å². The Morgan fingerprint density at radius 3 is 2.41 bits per heavy atom. The molecule has 0 saturated heterocycles. The van der Waals surface area contributed by atoms with Crippen LogP contribution in [0.1, 0.15) is 80.3 Å². The fraction of sp³-hybridized carbons (Fsp3) is 0.412. The van der Waals surface area contributed by atoms with E-state index in [1.165, 1.54) is 78.2 Å². The highest BCUT2D eigenvalue weighted by Gasteiger charge is 2.31. The number of nitrogens with zero attached hydrogens (tertiary/aromatic N) is 2. The van der Waals surface area contributed by atoms with Crippen molar-refractivity contribution in [2.75, 3.05) is 13.7 Å². The van der Waals surface area contributed by atoms with E-state index in [4.69, 9.17) is 9.47 Å². The van der Waals surface area contributed by atoms with E-state index in [9.17, 15) is 9.59 Å². The molecule has 2 aliphatic rings. The van der Waals surface area contributed by atoms with Gasteiger partial charge in [0.05, 0.1) is 30.6 Å². The third-order valence-electron chi connectivity index (χ3n) is 8.37. The maximum absolute atomic E-state index is 12.6. The van der Waals surface area contributed by atoms with Gasteiger partial charge >= 0.3 is 12.1 Å². The summed E-state index contributed by atoms with van der Waals surface area (Å²) in [6.07, 6.45) is 7.85. The molecule has 214 valence electrons. The van der Waals surface area contributed by atoms with Gasteiger partial charge in [-0.25, -0.2) is 9.59 Å². The minimum absolute atomic E-state index is 0.319. The lowest BCUT2D eigenvalue weighted by Crippen LogP contribution is -2.34. The average Bonchev–Trinajstić information content (AvgIpc) is 3.46. The molecule has 7 heteroatoms. The molecule has 0 radical (unpaired) electrons. The lowest BCUT2D eigenvalue weighted by molar-refractivity contribution is 0.0525. The Bertz CT molecular complexity index is 1610. The molecule has 6 rings (SSSR count). The molecule has 7 nitrogen and oxygen atoms in total. The van der Waals surface area contributed by atoms with Crippen molar-refractivity contribution in [3.63, 3.8) is 0 Å². The molecule has 1 aliphatic heterocycles. The fourth-order valence-electron chi connectivity index (χ4n) is 6.70. The van der Waals surface area contributed by atoms with Crippen LogP contribution in [0.25, 0.3) is 33.4 Å². The zero-order chi connectivity index (χ0) is 28.7. The summed E-state index contributed by atoms with van der Waals surface area (Å²) in [5.74, 6) is 0.164. The van der Waals surface area contributed by atoms with Gasteiger partial charge in [0.2, 0.25) is 0 Å². The second kappa shape index (κ2) is 10.8. The molecule has 2 aromatic heterocycles. The molecule has 0 spiro atoms. The Hall–Kier alpha value is -4.00. The van der Waals surface area contributed by atoms with E-state index in [1.807, 2.05) is 32.9 Å². The Labute approximate surface area is 241 Å². The van der Waals surface area contributed by atoms with Crippen molar-refractivity contribution in [2.45, 2.75) is 77.5 Å². The topological polar surface area (TPSA) is 74.5 Å². The second-order valence-electron chi connectivity index (χ2n) is 12.3. The maximum atomic E-state index is 12.6. The minimum Gasteiger partial charge on any atom is -0.465 e. The lowest BCUT2D eigenvalue weighted by atomic mass is 9.81. The number of fused-ring (bicyclic) bond motifs is 7. The third-order valence-corrected chi connectivity index (χ3v) is 8.37. The van der Waals surface area contributed by atoms with Crippen molar-refractivity contribution in [1.82, 2.24) is 14.5 Å². The summed E-state index contributed by atoms with van der Waals surface area (Å²) in [5.41, 5.74) is 8.56. The van der Waals surface area contributed by atoms with E-state index in [2.05, 4.69) is 57.0 Å². The predicted molar refractivity (Wildman–Crippen MR) is 161 cm³/mol. The van der Waals surface area contributed by atoms with Crippen LogP contribution in [0.2, 0.25) is 0 Å². The molecule has 3 heterocycles. The Balaban J connectivity index is 1.46. The smallest absolute Gasteiger partial charge is 0.407 e. The first kappa shape index (κ1) is 27.2. The minimum atomic E-state index is -0.534. The molecule has 2 aromatic carbocycles. The Morgan fingerprint density at radius 2 is 1.71 bits per heavy atom. The van der Waals surface area contributed by atoms with Crippen LogP contribution in [0.15, 0.2) is 54.7 Å². The molecule has 0 unspecified atom stereocenters. The van der Waals surface area contributed by atoms with E-state index in [1.54, 1.807) is 0 Å². The first-order valence-electron chi connectivity index (χ1n) is 14.7. The number of carbonyl (C=O) groups is 2. The largest absolute Gasteiger partial charge is 0.465 e. The van der Waals surface area contributed by atoms with Gasteiger partial charge in [0.25, 0.3) is 0 Å². The van der Waals surface area contributed by atoms with E-state index >= 15 is 0 Å². The monoisotopic (exact) mass is 553 g/mol. The number of methoxy groups -OCH3 is 1. The van der Waals surface area contributed by atoms with Crippen molar-refractivity contribution in [3.8, 4) is 22.5 Å². The molecule has 1 N–H and O–H groups in total. The van der Waals surface area contributed by atoms with Crippen LogP contribution in [0.4, 0.5) is 4.79 Å². The van der Waals surface area contributed by atoms with E-state index in [0.717, 1.165) is 5.52 Å². The van der Waals surface area contributed by atoms with Gasteiger partial charge in [-0.05, 0) is 68.9 Å². The van der Waals surface area contributed by atoms with Crippen molar-refractivity contribution in [3.05, 3.63) is 71.4 Å². The van der Waals surface area contributed by atoms with Gasteiger partial charge < -0.3 is 23.9 Å². The number of esters is 1. The number of carbonyl (C=O) groups excluding carboxylic acids is 2. The van der Waals surface area contributed by atoms with Gasteiger partial charge in [0.1, 0.15) is 5.60 Å². The van der Waals surface area contributed by atoms with Crippen LogP contribution in [0.5, 0.6) is 0 Å². The van der Waals surface area contributed by atoms with Gasteiger partial charge in [-0.3, -0.25) is 0 Å². The van der Waals surface area contributed by atoms with Gasteiger partial charge in [0, 0.05) is 41.3 Å². The number of hydrogen-bond acceptors (Lipinski definition) is 4. The standard InChI is InChI=1S/C34H39N3O4/c1-34(2,3)41-33(39)35-17-19-36-18-16-24-21-37-28-20-23(32(38)40-4)14-15-27(28)29(22-10-6-5-7-11-22)31(37)26-13-9-8-12-25(26)30(24)36/h8-9,12-16,18,20,22H,5-7,10-11,17,19,21H2,1-4H3,(H,35,39). The number of alkyl carbamates (subject to hydrolysis) is 1. The summed E-state index contributed by atoms with van der Waals surface area (Å²) in [6, 6.07) is 16.9. The number of hydrogen-bond donors (Lipinski definition) is 1. The molecule has 1 fully saturated rings. The third kappa shape index (κ3) is 5.14. The summed E-state index contributed by atoms with van der Waals surface area (Å²) in [4.78, 5) is 24.8. The maximum Gasteiger partial charge on any atom is 0.407 e. The number of aromatic nitrogens is 2. The van der Waals surface area contributed by atoms with Crippen molar-refractivity contribution >= 4 is 23.0 Å². The van der Waals surface area contributed by atoms with Crippen LogP contribution in [0, 0.1) is 0 Å². The van der Waals surface area contributed by atoms with Gasteiger partial charge in [-0.15, -0.1) is 0 Å². The molecule has 1 amide bonds. The molecule has 4 aromatic rings. The lowest BCUT2D eigenvalue weighted by Gasteiger charge is -2.24. The van der Waals surface area contributed by atoms with Crippen molar-refractivity contribution in [1.29, 1.82) is 0 Å². The highest BCUT2D eigenvalue weighted by molar-refractivity contribution is 6.00. The molecule has 0 bridgehead atoms. The number of nitrogens with one attached hydrogen (secondary N) is 1. The molecule has 41 heavy (non-hydrogen) atoms. The van der Waals surface area contributed by atoms with Crippen LogP contribution >= 0.6 is 0 Å². The number of benzene rings is 2. The Morgan fingerprint density at radius 1 is 0.976 bits per heavy atom. The fourth-order valence-corrected chi connectivity index (χ4v) is 6.70. The average molecular weight is 554 g/mol. The van der Waals surface area contributed by atoms with Crippen LogP contribution < -0.4 is 5.32 Å². The van der Waals surface area contributed by atoms with E-state index in [-0.39, 0.29) is 5.97 Å². The SMILES string of the molecule is COC(=O)c1ccc2c(C3CCCCC3)c3n(c2c1)Cc1ccn(CCNC(=O)OC(C)(C)C)c1-c1ccccc1-3. The molecule has 0 atom stereocenters. The van der Waals surface area contributed by atoms with Crippen LogP contribution in [-0.4, -0.2) is 40.5 Å². The summed E-state index contributed by atoms with van der Waals surface area (Å²) in [7, 11) is 1.43. The number of amides is 1. The molecular weight excluding hydrogens is 514 g/mol. The van der Waals surface area contributed by atoms with E-state index in [0.29, 0.717) is 31.1 Å². The van der Waals surface area contributed by atoms with Crippen molar-refractivity contribution in [2.24, 2.45) is 0 Å². The molecule has 1 aliphatic carbocycles. The predicted octanol–water partition coefficient (Wildman–Crippen LogP) is 7.50. The highest BCUT2D eigenvalue weighted by atomic mass is 16.6. The first-order valence-corrected chi connectivity index (χ1v) is 14.7. The Kier molecular flexibility index (Phi) is 7.14. The summed E-state index contributed by atoms with van der Waals surface area (Å²) in [5, 5.41) is 4.14. The molecule has 1 saturated carbocycles. The first-order chi connectivity index (χ1) is 19.7. The number of ether oxygens (including phenoxy) is 2. The quantitative estimate of drug-likeness (QED) is 0.229. The zero-order valence-corrected chi connectivity index (χ0v) is 24.5. The normalized spacial score (nSPS) is 15.0. The summed E-state index contributed by atoms with van der Waals surface area (Å²) in [6.45, 7) is 7.38. The van der Waals surface area contributed by atoms with Crippen LogP contribution in [0.3, 0.4) is 0 Å². The van der Waals surface area contributed by atoms with Crippen molar-refractivity contribution < 1.29 is 19.1 Å². The number of rotatable bonds is 5. The van der Waals surface area contributed by atoms with Gasteiger partial charge in [0.15, 0.2) is 0 Å². The van der Waals surface area contributed by atoms with Gasteiger partial charge in [-0.1, -0.05) is 49.6 Å². The molecular formula is C34H39N3O4. The summed E-state index contributed by atoms with van der Waals surface area (Å²) < 4.78 is 15.2. The van der Waals surface area contributed by atoms with E-state index < -0.39 is 11.7 Å². The zero-order valence-electron chi connectivity index (χ0n) is 24.5. The van der Waals surface area contributed by atoms with Crippen LogP contribution in [-0.2, 0) is 22.6 Å². The highest BCUT2D eigenvalue weighted by Crippen LogP contribution is 2.48.